The van der Waals surface area contributed by atoms with Gasteiger partial charge in [-0.2, -0.15) is 0 Å². The first kappa shape index (κ1) is 8.90. The Labute approximate surface area is 80.3 Å². The molecule has 4 heteroatoms. The van der Waals surface area contributed by atoms with Gasteiger partial charge < -0.3 is 10.3 Å². The van der Waals surface area contributed by atoms with Gasteiger partial charge in [0.15, 0.2) is 5.76 Å². The van der Waals surface area contributed by atoms with Crippen LogP contribution in [0.2, 0.25) is 0 Å². The lowest BCUT2D eigenvalue weighted by Gasteiger charge is -1.93. The first-order valence-corrected chi connectivity index (χ1v) is 4.21. The zero-order chi connectivity index (χ0) is 9.97. The normalized spacial score (nSPS) is 10.4. The van der Waals surface area contributed by atoms with E-state index in [2.05, 4.69) is 5.16 Å². The van der Waals surface area contributed by atoms with E-state index in [1.165, 1.54) is 12.1 Å². The van der Waals surface area contributed by atoms with Crippen LogP contribution < -0.4 is 5.73 Å². The number of hydrogen-bond donors (Lipinski definition) is 1. The van der Waals surface area contributed by atoms with Crippen LogP contribution in [0, 0.1) is 5.82 Å². The molecule has 0 saturated carbocycles. The molecule has 1 aromatic carbocycles. The maximum Gasteiger partial charge on any atom is 0.167 e. The third-order valence-electron chi connectivity index (χ3n) is 1.90. The second-order valence-corrected chi connectivity index (χ2v) is 2.89. The number of aromatic nitrogens is 1. The van der Waals surface area contributed by atoms with Crippen LogP contribution >= 0.6 is 0 Å². The second-order valence-electron chi connectivity index (χ2n) is 2.89. The third-order valence-corrected chi connectivity index (χ3v) is 1.90. The van der Waals surface area contributed by atoms with Gasteiger partial charge in [0.1, 0.15) is 5.82 Å². The summed E-state index contributed by atoms with van der Waals surface area (Å²) in [6.45, 7) is 0.338. The summed E-state index contributed by atoms with van der Waals surface area (Å²) in [5, 5.41) is 3.74. The van der Waals surface area contributed by atoms with E-state index in [1.807, 2.05) is 0 Å². The molecule has 14 heavy (non-hydrogen) atoms. The van der Waals surface area contributed by atoms with Crippen molar-refractivity contribution in [1.29, 1.82) is 0 Å². The van der Waals surface area contributed by atoms with Crippen molar-refractivity contribution >= 4 is 0 Å². The van der Waals surface area contributed by atoms with Crippen LogP contribution in [0.15, 0.2) is 34.9 Å². The van der Waals surface area contributed by atoms with Crippen molar-refractivity contribution in [2.24, 2.45) is 5.73 Å². The Bertz CT molecular complexity index is 422. The molecule has 0 amide bonds. The number of benzene rings is 1. The van der Waals surface area contributed by atoms with Gasteiger partial charge in [0.05, 0.1) is 5.69 Å². The highest BCUT2D eigenvalue weighted by Gasteiger charge is 2.04. The van der Waals surface area contributed by atoms with Crippen molar-refractivity contribution in [3.05, 3.63) is 41.8 Å². The topological polar surface area (TPSA) is 52.0 Å². The lowest BCUT2D eigenvalue weighted by molar-refractivity contribution is 0.424. The van der Waals surface area contributed by atoms with Gasteiger partial charge in [0.2, 0.25) is 0 Å². The number of nitrogens with zero attached hydrogens (tertiary/aromatic N) is 1. The third kappa shape index (κ3) is 1.65. The Kier molecular flexibility index (Phi) is 2.28. The smallest absolute Gasteiger partial charge is 0.167 e. The van der Waals surface area contributed by atoms with Crippen molar-refractivity contribution in [2.45, 2.75) is 6.54 Å². The monoisotopic (exact) mass is 192 g/mol. The first-order valence-electron chi connectivity index (χ1n) is 4.21. The van der Waals surface area contributed by atoms with Crippen molar-refractivity contribution in [2.75, 3.05) is 0 Å². The molecule has 0 saturated heterocycles. The molecule has 0 aliphatic carbocycles. The molecule has 2 rings (SSSR count). The molecule has 3 nitrogen and oxygen atoms in total. The number of halogens is 1. The fraction of sp³-hybridized carbons (Fsp3) is 0.100. The van der Waals surface area contributed by atoms with E-state index in [-0.39, 0.29) is 5.82 Å². The molecule has 0 bridgehead atoms. The predicted octanol–water partition coefficient (Wildman–Crippen LogP) is 1.94. The van der Waals surface area contributed by atoms with E-state index < -0.39 is 0 Å². The summed E-state index contributed by atoms with van der Waals surface area (Å²) in [6.07, 6.45) is 0. The standard InChI is InChI=1S/C10H9FN2O/c11-8-3-1-7(2-4-8)10-5-9(6-12)13-14-10/h1-5H,6,12H2. The lowest BCUT2D eigenvalue weighted by atomic mass is 10.1. The van der Waals surface area contributed by atoms with Gasteiger partial charge in [-0.1, -0.05) is 5.16 Å². The fourth-order valence-corrected chi connectivity index (χ4v) is 1.16. The minimum atomic E-state index is -0.271. The summed E-state index contributed by atoms with van der Waals surface area (Å²) in [7, 11) is 0. The molecule has 0 aliphatic rings. The number of hydrogen-bond acceptors (Lipinski definition) is 3. The Morgan fingerprint density at radius 1 is 1.29 bits per heavy atom. The second kappa shape index (κ2) is 3.59. The van der Waals surface area contributed by atoms with E-state index >= 15 is 0 Å². The van der Waals surface area contributed by atoms with Crippen molar-refractivity contribution < 1.29 is 8.91 Å². The molecular formula is C10H9FN2O. The Morgan fingerprint density at radius 3 is 2.57 bits per heavy atom. The highest BCUT2D eigenvalue weighted by Crippen LogP contribution is 2.20. The minimum Gasteiger partial charge on any atom is -0.356 e. The summed E-state index contributed by atoms with van der Waals surface area (Å²) >= 11 is 0. The Morgan fingerprint density at radius 2 is 2.00 bits per heavy atom. The average molecular weight is 192 g/mol. The summed E-state index contributed by atoms with van der Waals surface area (Å²) in [4.78, 5) is 0. The molecule has 0 atom stereocenters. The van der Waals surface area contributed by atoms with Crippen LogP contribution in [0.5, 0.6) is 0 Å². The maximum atomic E-state index is 12.6. The molecule has 1 heterocycles. The quantitative estimate of drug-likeness (QED) is 0.791. The van der Waals surface area contributed by atoms with E-state index in [4.69, 9.17) is 10.3 Å². The lowest BCUT2D eigenvalue weighted by Crippen LogP contribution is -1.94. The van der Waals surface area contributed by atoms with E-state index in [9.17, 15) is 4.39 Å². The van der Waals surface area contributed by atoms with Crippen LogP contribution in [0.25, 0.3) is 11.3 Å². The first-order chi connectivity index (χ1) is 6.79. The number of rotatable bonds is 2. The molecule has 0 spiro atoms. The van der Waals surface area contributed by atoms with Gasteiger partial charge in [-0.15, -0.1) is 0 Å². The largest absolute Gasteiger partial charge is 0.356 e. The Balaban J connectivity index is 2.34. The van der Waals surface area contributed by atoms with Gasteiger partial charge >= 0.3 is 0 Å². The van der Waals surface area contributed by atoms with E-state index in [0.29, 0.717) is 18.0 Å². The summed E-state index contributed by atoms with van der Waals surface area (Å²) in [6, 6.07) is 7.76. The highest BCUT2D eigenvalue weighted by atomic mass is 19.1. The molecule has 1 aromatic heterocycles. The SMILES string of the molecule is NCc1cc(-c2ccc(F)cc2)on1. The summed E-state index contributed by atoms with van der Waals surface area (Å²) in [5.41, 5.74) is 6.86. The van der Waals surface area contributed by atoms with Gasteiger partial charge in [-0.05, 0) is 24.3 Å². The molecular weight excluding hydrogens is 183 g/mol. The molecule has 72 valence electrons. The van der Waals surface area contributed by atoms with Crippen LogP contribution in [-0.2, 0) is 6.54 Å². The Hall–Kier alpha value is -1.68. The van der Waals surface area contributed by atoms with E-state index in [0.717, 1.165) is 5.56 Å². The minimum absolute atomic E-state index is 0.271. The van der Waals surface area contributed by atoms with Crippen LogP contribution in [0.1, 0.15) is 5.69 Å². The van der Waals surface area contributed by atoms with E-state index in [1.54, 1.807) is 18.2 Å². The molecule has 2 aromatic rings. The van der Waals surface area contributed by atoms with Crippen LogP contribution in [0.4, 0.5) is 4.39 Å². The highest BCUT2D eigenvalue weighted by molar-refractivity contribution is 5.56. The van der Waals surface area contributed by atoms with Gasteiger partial charge in [-0.3, -0.25) is 0 Å². The average Bonchev–Trinajstić information content (AvgIpc) is 2.67. The molecule has 0 fully saturated rings. The summed E-state index contributed by atoms with van der Waals surface area (Å²) in [5.74, 6) is 0.331. The maximum absolute atomic E-state index is 12.6. The summed E-state index contributed by atoms with van der Waals surface area (Å²) < 4.78 is 17.6. The molecule has 0 aliphatic heterocycles. The molecule has 0 radical (unpaired) electrons. The van der Waals surface area contributed by atoms with Crippen molar-refractivity contribution in [3.8, 4) is 11.3 Å². The van der Waals surface area contributed by atoms with Crippen molar-refractivity contribution in [3.63, 3.8) is 0 Å². The zero-order valence-corrected chi connectivity index (χ0v) is 7.40. The fourth-order valence-electron chi connectivity index (χ4n) is 1.16. The van der Waals surface area contributed by atoms with Gasteiger partial charge in [0, 0.05) is 18.2 Å². The van der Waals surface area contributed by atoms with Gasteiger partial charge in [-0.25, -0.2) is 4.39 Å². The zero-order valence-electron chi connectivity index (χ0n) is 7.40. The molecule has 2 N–H and O–H groups in total. The van der Waals surface area contributed by atoms with Crippen molar-refractivity contribution in [1.82, 2.24) is 5.16 Å². The van der Waals surface area contributed by atoms with Gasteiger partial charge in [0.25, 0.3) is 0 Å². The van der Waals surface area contributed by atoms with Crippen LogP contribution in [0.3, 0.4) is 0 Å². The van der Waals surface area contributed by atoms with Crippen LogP contribution in [-0.4, -0.2) is 5.16 Å². The predicted molar refractivity (Wildman–Crippen MR) is 49.8 cm³/mol. The number of nitrogens with two attached hydrogens (primary N) is 1. The molecule has 0 unspecified atom stereocenters.